The molecule has 0 unspecified atom stereocenters. The van der Waals surface area contributed by atoms with Gasteiger partial charge in [-0.05, 0) is 144 Å². The summed E-state index contributed by atoms with van der Waals surface area (Å²) in [5.41, 5.74) is 5.83. The van der Waals surface area contributed by atoms with Crippen LogP contribution in [-0.4, -0.2) is 88.3 Å². The summed E-state index contributed by atoms with van der Waals surface area (Å²) in [6.45, 7) is 14.6. The number of amides is 5. The molecule has 0 fully saturated rings. The molecule has 5 amide bonds. The lowest BCUT2D eigenvalue weighted by Gasteiger charge is -2.26. The van der Waals surface area contributed by atoms with Crippen molar-refractivity contribution in [3.05, 3.63) is 136 Å². The Kier molecular flexibility index (Phi) is 18.4. The zero-order valence-corrected chi connectivity index (χ0v) is 42.6. The number of hydrogen-bond acceptors (Lipinski definition) is 12. The molecule has 17 heteroatoms. The average molecular weight is 988 g/mol. The number of carbonyl (C=O) groups is 5. The van der Waals surface area contributed by atoms with E-state index in [-0.39, 0.29) is 50.0 Å². The molecule has 0 radical (unpaired) electrons. The maximum atomic E-state index is 14.8. The molecule has 3 atom stereocenters. The Labute approximate surface area is 421 Å². The van der Waals surface area contributed by atoms with Gasteiger partial charge in [0.2, 0.25) is 17.7 Å². The molecule has 1 aliphatic rings. The van der Waals surface area contributed by atoms with E-state index in [0.29, 0.717) is 54.7 Å². The quantitative estimate of drug-likeness (QED) is 0.0299. The smallest absolute Gasteiger partial charge is 0.407 e. The van der Waals surface area contributed by atoms with Gasteiger partial charge in [0, 0.05) is 31.8 Å². The summed E-state index contributed by atoms with van der Waals surface area (Å²) >= 11 is 0. The van der Waals surface area contributed by atoms with Crippen LogP contribution in [0.4, 0.5) is 14.4 Å². The fraction of sp³-hybridized carbons (Fsp3) is 0.436. The Morgan fingerprint density at radius 3 is 1.82 bits per heavy atom. The van der Waals surface area contributed by atoms with Gasteiger partial charge in [-0.1, -0.05) is 84.0 Å². The summed E-state index contributed by atoms with van der Waals surface area (Å²) in [5, 5.41) is 28.8. The number of aromatic nitrogens is 2. The number of phenols is 1. The number of nitrogens with one attached hydrogen (secondary N) is 5. The molecule has 17 nitrogen and oxygen atoms in total. The zero-order chi connectivity index (χ0) is 52.0. The first-order valence-electron chi connectivity index (χ1n) is 24.5. The third-order valence-corrected chi connectivity index (χ3v) is 11.9. The standard InChI is InChI=1S/C55H69N7O10/c1-34-29-37(63)30-35(2)42(34)32-46(49(65)58-45(25-16-17-27-56-51(66)70-54(3,4)5)50-61-47(62-72-50)31-36-19-10-9-11-20-36)59-48(64)44(26-18-28-57-52(67)71-55(6,7)8)60-53(68)69-33-43-40-23-14-12-21-38(40)39-22-13-15-24-41(39)43/h9-15,19-24,29-30,43-46,63H,16-18,25-28,31-33H2,1-8H3,(H,56,66)(H,57,67)(H,58,65)(H,59,64)(H,60,68)/t44-,45+,46+/m1/s1. The van der Waals surface area contributed by atoms with Crippen LogP contribution in [-0.2, 0) is 36.6 Å². The Hall–Kier alpha value is -7.43. The number of nitrogens with zero attached hydrogens (tertiary/aromatic N) is 2. The first kappa shape index (κ1) is 53.9. The summed E-state index contributed by atoms with van der Waals surface area (Å²) in [7, 11) is 0. The average Bonchev–Trinajstić information content (AvgIpc) is 3.90. The van der Waals surface area contributed by atoms with Crippen LogP contribution >= 0.6 is 0 Å². The lowest BCUT2D eigenvalue weighted by atomic mass is 9.95. The number of benzene rings is 4. The fourth-order valence-corrected chi connectivity index (χ4v) is 8.61. The molecule has 4 aromatic carbocycles. The fourth-order valence-electron chi connectivity index (χ4n) is 8.61. The van der Waals surface area contributed by atoms with Gasteiger partial charge in [0.1, 0.15) is 41.7 Å². The van der Waals surface area contributed by atoms with Crippen LogP contribution in [0.15, 0.2) is 95.5 Å². The number of unbranched alkanes of at least 4 members (excludes halogenated alkanes) is 1. The van der Waals surface area contributed by atoms with Crippen LogP contribution in [0.3, 0.4) is 0 Å². The van der Waals surface area contributed by atoms with Crippen molar-refractivity contribution in [2.75, 3.05) is 19.7 Å². The maximum absolute atomic E-state index is 14.8. The second kappa shape index (κ2) is 24.6. The Morgan fingerprint density at radius 2 is 1.22 bits per heavy atom. The second-order valence-corrected chi connectivity index (χ2v) is 20.1. The maximum Gasteiger partial charge on any atom is 0.407 e. The summed E-state index contributed by atoms with van der Waals surface area (Å²) in [5.74, 6) is -0.880. The van der Waals surface area contributed by atoms with Crippen LogP contribution in [0.2, 0.25) is 0 Å². The SMILES string of the molecule is Cc1cc(O)cc(C)c1C[C@H](NC(=O)[C@@H](CCCNC(=O)OC(C)(C)C)NC(=O)OCC1c2ccccc2-c2ccccc21)C(=O)N[C@@H](CCCCNC(=O)OC(C)(C)C)c1nc(Cc2ccccc2)no1. The predicted octanol–water partition coefficient (Wildman–Crippen LogP) is 8.77. The van der Waals surface area contributed by atoms with Crippen molar-refractivity contribution in [2.24, 2.45) is 0 Å². The third kappa shape index (κ3) is 16.0. The molecule has 1 aliphatic carbocycles. The van der Waals surface area contributed by atoms with E-state index < -0.39 is 59.4 Å². The molecule has 384 valence electrons. The summed E-state index contributed by atoms with van der Waals surface area (Å²) in [6.07, 6.45) is 0.00589. The molecule has 0 aliphatic heterocycles. The molecule has 5 aromatic rings. The summed E-state index contributed by atoms with van der Waals surface area (Å²) < 4.78 is 22.4. The normalized spacial score (nSPS) is 13.4. The molecule has 0 bridgehead atoms. The van der Waals surface area contributed by atoms with E-state index in [1.807, 2.05) is 78.9 Å². The topological polar surface area (TPSA) is 232 Å². The number of ether oxygens (including phenoxy) is 3. The zero-order valence-electron chi connectivity index (χ0n) is 42.6. The Morgan fingerprint density at radius 1 is 0.667 bits per heavy atom. The van der Waals surface area contributed by atoms with E-state index in [0.717, 1.165) is 27.8 Å². The van der Waals surface area contributed by atoms with Gasteiger partial charge in [0.05, 0.1) is 0 Å². The van der Waals surface area contributed by atoms with E-state index in [9.17, 15) is 29.1 Å². The Bertz CT molecular complexity index is 2590. The van der Waals surface area contributed by atoms with Crippen molar-refractivity contribution >= 4 is 30.1 Å². The van der Waals surface area contributed by atoms with Gasteiger partial charge in [-0.15, -0.1) is 0 Å². The van der Waals surface area contributed by atoms with Gasteiger partial charge >= 0.3 is 18.3 Å². The minimum Gasteiger partial charge on any atom is -0.508 e. The largest absolute Gasteiger partial charge is 0.508 e. The van der Waals surface area contributed by atoms with E-state index in [1.165, 1.54) is 0 Å². The number of hydrogen-bond donors (Lipinski definition) is 6. The highest BCUT2D eigenvalue weighted by Crippen LogP contribution is 2.44. The lowest BCUT2D eigenvalue weighted by molar-refractivity contribution is -0.130. The van der Waals surface area contributed by atoms with Gasteiger partial charge in [0.25, 0.3) is 0 Å². The first-order chi connectivity index (χ1) is 34.2. The van der Waals surface area contributed by atoms with Crippen molar-refractivity contribution in [3.63, 3.8) is 0 Å². The van der Waals surface area contributed by atoms with Crippen LogP contribution in [0, 0.1) is 13.8 Å². The minimum absolute atomic E-state index is 0.0000246. The number of aryl methyl sites for hydroxylation is 2. The Balaban J connectivity index is 1.23. The number of phenolic OH excluding ortho intramolecular Hbond substituents is 1. The number of carbonyl (C=O) groups excluding carboxylic acids is 5. The molecular formula is C55H69N7O10. The molecule has 6 N–H and O–H groups in total. The van der Waals surface area contributed by atoms with Crippen molar-refractivity contribution < 1.29 is 47.8 Å². The number of alkyl carbamates (subject to hydrolysis) is 3. The van der Waals surface area contributed by atoms with Gasteiger partial charge in [-0.3, -0.25) is 9.59 Å². The second-order valence-electron chi connectivity index (χ2n) is 20.1. The van der Waals surface area contributed by atoms with Crippen LogP contribution in [0.5, 0.6) is 5.75 Å². The van der Waals surface area contributed by atoms with Crippen molar-refractivity contribution in [1.29, 1.82) is 0 Å². The number of fused-ring (bicyclic) bond motifs is 3. The van der Waals surface area contributed by atoms with Gasteiger partial charge in [0.15, 0.2) is 5.82 Å². The van der Waals surface area contributed by atoms with Crippen LogP contribution in [0.25, 0.3) is 11.1 Å². The number of rotatable bonds is 21. The summed E-state index contributed by atoms with van der Waals surface area (Å²) in [6, 6.07) is 25.4. The van der Waals surface area contributed by atoms with E-state index in [4.69, 9.17) is 18.7 Å². The van der Waals surface area contributed by atoms with Gasteiger partial charge in [-0.2, -0.15) is 4.98 Å². The third-order valence-electron chi connectivity index (χ3n) is 11.9. The minimum atomic E-state index is -1.23. The van der Waals surface area contributed by atoms with Crippen molar-refractivity contribution in [1.82, 2.24) is 36.7 Å². The highest BCUT2D eigenvalue weighted by Gasteiger charge is 2.33. The molecule has 72 heavy (non-hydrogen) atoms. The molecule has 0 spiro atoms. The lowest BCUT2D eigenvalue weighted by Crippen LogP contribution is -2.55. The molecule has 0 saturated heterocycles. The van der Waals surface area contributed by atoms with E-state index in [2.05, 4.69) is 36.7 Å². The van der Waals surface area contributed by atoms with Gasteiger partial charge in [-0.25, -0.2) is 14.4 Å². The monoisotopic (exact) mass is 988 g/mol. The van der Waals surface area contributed by atoms with Crippen molar-refractivity contribution in [2.45, 2.75) is 136 Å². The van der Waals surface area contributed by atoms with E-state index in [1.54, 1.807) is 67.5 Å². The highest BCUT2D eigenvalue weighted by molar-refractivity contribution is 5.91. The van der Waals surface area contributed by atoms with Gasteiger partial charge < -0.3 is 50.4 Å². The molecule has 1 heterocycles. The molecule has 1 aromatic heterocycles. The predicted molar refractivity (Wildman–Crippen MR) is 271 cm³/mol. The van der Waals surface area contributed by atoms with Crippen molar-refractivity contribution in [3.8, 4) is 16.9 Å². The van der Waals surface area contributed by atoms with E-state index >= 15 is 0 Å². The molecule has 0 saturated carbocycles. The number of aromatic hydroxyl groups is 1. The summed E-state index contributed by atoms with van der Waals surface area (Å²) in [4.78, 5) is 72.7. The molecular weight excluding hydrogens is 919 g/mol. The molecule has 6 rings (SSSR count). The highest BCUT2D eigenvalue weighted by atomic mass is 16.6. The van der Waals surface area contributed by atoms with Crippen LogP contribution in [0.1, 0.15) is 131 Å². The first-order valence-corrected chi connectivity index (χ1v) is 24.5. The van der Waals surface area contributed by atoms with Crippen LogP contribution < -0.4 is 26.6 Å².